The van der Waals surface area contributed by atoms with Gasteiger partial charge in [-0.1, -0.05) is 12.1 Å². The Bertz CT molecular complexity index is 1170. The molecule has 10 heteroatoms. The molecular weight excluding hydrogens is 491 g/mol. The van der Waals surface area contributed by atoms with Crippen molar-refractivity contribution in [2.75, 3.05) is 32.1 Å². The number of hydrogen-bond acceptors (Lipinski definition) is 4. The lowest BCUT2D eigenvalue weighted by molar-refractivity contribution is -0.133. The predicted molar refractivity (Wildman–Crippen MR) is 133 cm³/mol. The van der Waals surface area contributed by atoms with Crippen LogP contribution in [0.15, 0.2) is 53.9 Å². The van der Waals surface area contributed by atoms with Crippen molar-refractivity contribution >= 4 is 29.0 Å². The summed E-state index contributed by atoms with van der Waals surface area (Å²) in [7, 11) is 1.53. The Hall–Kier alpha value is -3.37. The van der Waals surface area contributed by atoms with E-state index in [9.17, 15) is 22.8 Å². The molecule has 3 rings (SSSR count). The molecule has 0 atom stereocenters. The second-order valence-corrected chi connectivity index (χ2v) is 9.23. The number of carbonyl (C=O) groups excluding carboxylic acids is 2. The van der Waals surface area contributed by atoms with Crippen molar-refractivity contribution in [3.8, 4) is 0 Å². The van der Waals surface area contributed by atoms with Gasteiger partial charge in [0, 0.05) is 37.7 Å². The number of halogens is 3. The normalized spacial score (nSPS) is 10.8. The Morgan fingerprint density at radius 3 is 2.33 bits per heavy atom. The number of thiophene rings is 1. The molecule has 6 nitrogen and oxygen atoms in total. The number of hydrogen-bond donors (Lipinski definition) is 1. The molecule has 0 fully saturated rings. The van der Waals surface area contributed by atoms with Crippen LogP contribution < -0.4 is 5.32 Å². The van der Waals surface area contributed by atoms with Gasteiger partial charge >= 0.3 is 6.03 Å². The number of anilines is 1. The number of ether oxygens (including phenoxy) is 1. The first-order chi connectivity index (χ1) is 17.3. The summed E-state index contributed by atoms with van der Waals surface area (Å²) < 4.78 is 45.8. The number of nitrogens with one attached hydrogen (secondary N) is 1. The molecule has 3 amide bonds. The lowest BCUT2D eigenvalue weighted by Crippen LogP contribution is -2.44. The van der Waals surface area contributed by atoms with Gasteiger partial charge in [-0.05, 0) is 60.2 Å². The molecular formula is C26H28F3N3O3S. The molecule has 0 unspecified atom stereocenters. The van der Waals surface area contributed by atoms with E-state index < -0.39 is 17.7 Å². The summed E-state index contributed by atoms with van der Waals surface area (Å²) in [4.78, 5) is 30.3. The molecule has 0 aliphatic heterocycles. The van der Waals surface area contributed by atoms with Crippen molar-refractivity contribution in [2.24, 2.45) is 0 Å². The number of carbonyl (C=O) groups is 2. The molecule has 0 saturated heterocycles. The molecule has 0 bridgehead atoms. The quantitative estimate of drug-likeness (QED) is 0.337. The molecule has 2 aromatic carbocycles. The second-order valence-electron chi connectivity index (χ2n) is 8.23. The monoisotopic (exact) mass is 519 g/mol. The third kappa shape index (κ3) is 7.82. The van der Waals surface area contributed by atoms with E-state index in [0.717, 1.165) is 28.1 Å². The van der Waals surface area contributed by atoms with Crippen molar-refractivity contribution in [3.63, 3.8) is 0 Å². The van der Waals surface area contributed by atoms with Crippen molar-refractivity contribution in [1.82, 2.24) is 9.80 Å². The first-order valence-corrected chi connectivity index (χ1v) is 12.2. The summed E-state index contributed by atoms with van der Waals surface area (Å²) in [6, 6.07) is 9.97. The highest BCUT2D eigenvalue weighted by molar-refractivity contribution is 7.10. The second kappa shape index (κ2) is 13.1. The van der Waals surface area contributed by atoms with Gasteiger partial charge in [-0.3, -0.25) is 4.79 Å². The largest absolute Gasteiger partial charge is 0.385 e. The zero-order valence-electron chi connectivity index (χ0n) is 20.1. The van der Waals surface area contributed by atoms with Crippen LogP contribution in [0.1, 0.15) is 22.4 Å². The molecule has 3 aromatic rings. The van der Waals surface area contributed by atoms with E-state index >= 15 is 0 Å². The zero-order valence-corrected chi connectivity index (χ0v) is 20.9. The van der Waals surface area contributed by atoms with Crippen LogP contribution in [0.2, 0.25) is 0 Å². The first kappa shape index (κ1) is 27.2. The Morgan fingerprint density at radius 2 is 1.69 bits per heavy atom. The van der Waals surface area contributed by atoms with Crippen LogP contribution in [0, 0.1) is 24.4 Å². The van der Waals surface area contributed by atoms with Crippen LogP contribution in [0.5, 0.6) is 0 Å². The van der Waals surface area contributed by atoms with Crippen LogP contribution in [0.4, 0.5) is 23.7 Å². The average Bonchev–Trinajstić information content (AvgIpc) is 3.25. The fourth-order valence-electron chi connectivity index (χ4n) is 3.48. The standard InChI is InChI=1S/C26H28F3N3O3S/c1-18-10-13-36-24(18)16-32(15-19-4-6-20(27)7-5-19)25(33)17-31(11-3-12-35-2)26(34)30-23-9-8-21(28)14-22(23)29/h4-10,13-14H,3,11-12,15-17H2,1-2H3,(H,30,34). The van der Waals surface area contributed by atoms with E-state index in [1.54, 1.807) is 17.0 Å². The van der Waals surface area contributed by atoms with Gasteiger partial charge in [0.05, 0.1) is 12.2 Å². The molecule has 36 heavy (non-hydrogen) atoms. The summed E-state index contributed by atoms with van der Waals surface area (Å²) in [6.07, 6.45) is 0.449. The summed E-state index contributed by atoms with van der Waals surface area (Å²) in [5.74, 6) is -2.39. The molecule has 0 saturated carbocycles. The summed E-state index contributed by atoms with van der Waals surface area (Å²) >= 11 is 1.52. The van der Waals surface area contributed by atoms with Gasteiger partial charge in [-0.2, -0.15) is 0 Å². The van der Waals surface area contributed by atoms with Gasteiger partial charge < -0.3 is 19.9 Å². The molecule has 0 aliphatic rings. The van der Waals surface area contributed by atoms with E-state index in [0.29, 0.717) is 25.6 Å². The van der Waals surface area contributed by atoms with E-state index in [4.69, 9.17) is 4.74 Å². The van der Waals surface area contributed by atoms with Crippen LogP contribution in [0.3, 0.4) is 0 Å². The maximum Gasteiger partial charge on any atom is 0.322 e. The van der Waals surface area contributed by atoms with Gasteiger partial charge in [0.25, 0.3) is 0 Å². The fraction of sp³-hybridized carbons (Fsp3) is 0.308. The number of urea groups is 1. The van der Waals surface area contributed by atoms with Crippen molar-refractivity contribution in [1.29, 1.82) is 0 Å². The lowest BCUT2D eigenvalue weighted by Gasteiger charge is -2.28. The molecule has 0 radical (unpaired) electrons. The van der Waals surface area contributed by atoms with Crippen LogP contribution >= 0.6 is 11.3 Å². The molecule has 1 aromatic heterocycles. The van der Waals surface area contributed by atoms with Crippen LogP contribution in [-0.4, -0.2) is 48.5 Å². The minimum atomic E-state index is -0.919. The molecule has 0 aliphatic carbocycles. The first-order valence-electron chi connectivity index (χ1n) is 11.3. The molecule has 192 valence electrons. The Kier molecular flexibility index (Phi) is 9.89. The molecule has 0 spiro atoms. The highest BCUT2D eigenvalue weighted by atomic mass is 32.1. The molecule has 1 N–H and O–H groups in total. The van der Waals surface area contributed by atoms with Gasteiger partial charge in [-0.15, -0.1) is 11.3 Å². The smallest absolute Gasteiger partial charge is 0.322 e. The van der Waals surface area contributed by atoms with Gasteiger partial charge in [0.1, 0.15) is 24.0 Å². The molecule has 1 heterocycles. The maximum atomic E-state index is 14.1. The lowest BCUT2D eigenvalue weighted by atomic mass is 10.2. The third-order valence-electron chi connectivity index (χ3n) is 5.50. The maximum absolute atomic E-state index is 14.1. The number of nitrogens with zero attached hydrogens (tertiary/aromatic N) is 2. The zero-order chi connectivity index (χ0) is 26.1. The SMILES string of the molecule is COCCCN(CC(=O)N(Cc1ccc(F)cc1)Cc1sccc1C)C(=O)Nc1ccc(F)cc1F. The van der Waals surface area contributed by atoms with Gasteiger partial charge in [0.2, 0.25) is 5.91 Å². The van der Waals surface area contributed by atoms with Crippen molar-refractivity contribution in [3.05, 3.63) is 87.4 Å². The highest BCUT2D eigenvalue weighted by Crippen LogP contribution is 2.20. The Balaban J connectivity index is 1.79. The number of benzene rings is 2. The minimum Gasteiger partial charge on any atom is -0.385 e. The summed E-state index contributed by atoms with van der Waals surface area (Å²) in [5.41, 5.74) is 1.59. The predicted octanol–water partition coefficient (Wildman–Crippen LogP) is 5.57. The summed E-state index contributed by atoms with van der Waals surface area (Å²) in [6.45, 7) is 2.75. The average molecular weight is 520 g/mol. The van der Waals surface area contributed by atoms with E-state index in [1.165, 1.54) is 35.5 Å². The van der Waals surface area contributed by atoms with Crippen LogP contribution in [0.25, 0.3) is 0 Å². The topological polar surface area (TPSA) is 61.9 Å². The van der Waals surface area contributed by atoms with Gasteiger partial charge in [0.15, 0.2) is 0 Å². The van der Waals surface area contributed by atoms with E-state index in [-0.39, 0.29) is 37.0 Å². The number of methoxy groups -OCH3 is 1. The third-order valence-corrected chi connectivity index (χ3v) is 6.51. The Morgan fingerprint density at radius 1 is 0.972 bits per heavy atom. The number of amides is 3. The van der Waals surface area contributed by atoms with Crippen molar-refractivity contribution in [2.45, 2.75) is 26.4 Å². The minimum absolute atomic E-state index is 0.177. The van der Waals surface area contributed by atoms with E-state index in [2.05, 4.69) is 5.32 Å². The number of rotatable bonds is 11. The van der Waals surface area contributed by atoms with E-state index in [1.807, 2.05) is 18.4 Å². The van der Waals surface area contributed by atoms with Crippen molar-refractivity contribution < 1.29 is 27.5 Å². The highest BCUT2D eigenvalue weighted by Gasteiger charge is 2.23. The summed E-state index contributed by atoms with van der Waals surface area (Å²) in [5, 5.41) is 4.35. The van der Waals surface area contributed by atoms with Gasteiger partial charge in [-0.25, -0.2) is 18.0 Å². The van der Waals surface area contributed by atoms with Crippen LogP contribution in [-0.2, 0) is 22.6 Å². The Labute approximate surface area is 212 Å². The fourth-order valence-corrected chi connectivity index (χ4v) is 4.40. The number of aryl methyl sites for hydroxylation is 1.